The van der Waals surface area contributed by atoms with Crippen LogP contribution in [0.15, 0.2) is 54.9 Å². The maximum Gasteiger partial charge on any atom is 0.122 e. The quantitative estimate of drug-likeness (QED) is 0.804. The van der Waals surface area contributed by atoms with Crippen LogP contribution >= 0.6 is 0 Å². The number of rotatable bonds is 6. The van der Waals surface area contributed by atoms with E-state index >= 15 is 0 Å². The average molecular weight is 269 g/mol. The predicted molar refractivity (Wildman–Crippen MR) is 77.5 cm³/mol. The van der Waals surface area contributed by atoms with Crippen molar-refractivity contribution in [3.63, 3.8) is 0 Å². The standard InChI is InChI=1S/C17H19NO2/c1-2-4-14(5-3-1)12-20-17-10-15(11-17)13-19-16-6-8-18-9-7-16/h1-9,15,17H,10-13H2. The molecule has 0 saturated heterocycles. The van der Waals surface area contributed by atoms with E-state index in [4.69, 9.17) is 9.47 Å². The fourth-order valence-corrected chi connectivity index (χ4v) is 2.38. The van der Waals surface area contributed by atoms with Gasteiger partial charge in [-0.25, -0.2) is 0 Å². The summed E-state index contributed by atoms with van der Waals surface area (Å²) in [5, 5.41) is 0. The minimum atomic E-state index is 0.390. The topological polar surface area (TPSA) is 31.4 Å². The smallest absolute Gasteiger partial charge is 0.122 e. The van der Waals surface area contributed by atoms with Gasteiger partial charge in [0.25, 0.3) is 0 Å². The van der Waals surface area contributed by atoms with Gasteiger partial charge in [-0.1, -0.05) is 30.3 Å². The highest BCUT2D eigenvalue weighted by molar-refractivity contribution is 5.17. The van der Waals surface area contributed by atoms with Gasteiger partial charge in [-0.15, -0.1) is 0 Å². The first-order valence-electron chi connectivity index (χ1n) is 7.08. The molecule has 20 heavy (non-hydrogen) atoms. The molecule has 1 aliphatic rings. The van der Waals surface area contributed by atoms with Crippen molar-refractivity contribution in [1.29, 1.82) is 0 Å². The van der Waals surface area contributed by atoms with Crippen LogP contribution in [0.3, 0.4) is 0 Å². The third-order valence-electron chi connectivity index (χ3n) is 3.66. The van der Waals surface area contributed by atoms with Crippen molar-refractivity contribution in [1.82, 2.24) is 4.98 Å². The molecule has 0 aliphatic heterocycles. The summed E-state index contributed by atoms with van der Waals surface area (Å²) in [6.07, 6.45) is 6.08. The Bertz CT molecular complexity index is 462. The lowest BCUT2D eigenvalue weighted by Gasteiger charge is -2.34. The number of hydrogen-bond acceptors (Lipinski definition) is 3. The highest BCUT2D eigenvalue weighted by Gasteiger charge is 2.30. The van der Waals surface area contributed by atoms with Crippen molar-refractivity contribution in [2.75, 3.05) is 6.61 Å². The molecule has 2 aromatic rings. The van der Waals surface area contributed by atoms with E-state index in [-0.39, 0.29) is 0 Å². The monoisotopic (exact) mass is 269 g/mol. The second-order valence-electron chi connectivity index (χ2n) is 5.25. The molecule has 0 bridgehead atoms. The molecule has 3 heteroatoms. The molecule has 3 rings (SSSR count). The molecule has 1 aliphatic carbocycles. The van der Waals surface area contributed by atoms with Gasteiger partial charge in [0.2, 0.25) is 0 Å². The summed E-state index contributed by atoms with van der Waals surface area (Å²) < 4.78 is 11.6. The van der Waals surface area contributed by atoms with Crippen molar-refractivity contribution in [3.05, 3.63) is 60.4 Å². The molecule has 1 aromatic heterocycles. The predicted octanol–water partition coefficient (Wildman–Crippen LogP) is 3.46. The zero-order chi connectivity index (χ0) is 13.6. The highest BCUT2D eigenvalue weighted by atomic mass is 16.5. The Hall–Kier alpha value is -1.87. The number of benzene rings is 1. The van der Waals surface area contributed by atoms with Crippen LogP contribution in [-0.2, 0) is 11.3 Å². The van der Waals surface area contributed by atoms with Gasteiger partial charge in [0, 0.05) is 12.4 Å². The minimum Gasteiger partial charge on any atom is -0.493 e. The van der Waals surface area contributed by atoms with Crippen LogP contribution in [-0.4, -0.2) is 17.7 Å². The molecule has 0 amide bonds. The fraction of sp³-hybridized carbons (Fsp3) is 0.353. The molecule has 0 spiro atoms. The van der Waals surface area contributed by atoms with Crippen LogP contribution in [0.4, 0.5) is 0 Å². The number of hydrogen-bond donors (Lipinski definition) is 0. The van der Waals surface area contributed by atoms with E-state index in [0.717, 1.165) is 25.2 Å². The van der Waals surface area contributed by atoms with Gasteiger partial charge in [0.15, 0.2) is 0 Å². The summed E-state index contributed by atoms with van der Waals surface area (Å²) in [6.45, 7) is 1.48. The van der Waals surface area contributed by atoms with Gasteiger partial charge in [-0.3, -0.25) is 4.98 Å². The normalized spacial score (nSPS) is 21.2. The zero-order valence-corrected chi connectivity index (χ0v) is 11.4. The molecular weight excluding hydrogens is 250 g/mol. The van der Waals surface area contributed by atoms with E-state index in [1.807, 2.05) is 30.3 Å². The Morgan fingerprint density at radius 3 is 2.50 bits per heavy atom. The third-order valence-corrected chi connectivity index (χ3v) is 3.66. The first-order valence-corrected chi connectivity index (χ1v) is 7.08. The lowest BCUT2D eigenvalue weighted by Crippen LogP contribution is -2.34. The molecule has 3 nitrogen and oxygen atoms in total. The first kappa shape index (κ1) is 13.1. The molecule has 1 heterocycles. The van der Waals surface area contributed by atoms with E-state index < -0.39 is 0 Å². The summed E-state index contributed by atoms with van der Waals surface area (Å²) >= 11 is 0. The Labute approximate surface area is 119 Å². The third kappa shape index (κ3) is 3.58. The van der Waals surface area contributed by atoms with E-state index in [1.54, 1.807) is 12.4 Å². The van der Waals surface area contributed by atoms with Gasteiger partial charge < -0.3 is 9.47 Å². The summed E-state index contributed by atoms with van der Waals surface area (Å²) in [5.41, 5.74) is 1.24. The Morgan fingerprint density at radius 1 is 1.00 bits per heavy atom. The van der Waals surface area contributed by atoms with Crippen LogP contribution in [0.25, 0.3) is 0 Å². The molecule has 0 unspecified atom stereocenters. The summed E-state index contributed by atoms with van der Waals surface area (Å²) in [6, 6.07) is 14.1. The maximum absolute atomic E-state index is 5.88. The second-order valence-corrected chi connectivity index (χ2v) is 5.25. The van der Waals surface area contributed by atoms with Gasteiger partial charge in [-0.05, 0) is 36.5 Å². The van der Waals surface area contributed by atoms with Crippen molar-refractivity contribution >= 4 is 0 Å². The second kappa shape index (κ2) is 6.53. The first-order chi connectivity index (χ1) is 9.90. The van der Waals surface area contributed by atoms with Crippen molar-refractivity contribution in [3.8, 4) is 5.75 Å². The fourth-order valence-electron chi connectivity index (χ4n) is 2.38. The minimum absolute atomic E-state index is 0.390. The molecule has 0 radical (unpaired) electrons. The Morgan fingerprint density at radius 2 is 1.75 bits per heavy atom. The van der Waals surface area contributed by atoms with E-state index in [0.29, 0.717) is 18.6 Å². The van der Waals surface area contributed by atoms with Crippen molar-refractivity contribution < 1.29 is 9.47 Å². The van der Waals surface area contributed by atoms with E-state index in [1.165, 1.54) is 5.56 Å². The molecule has 1 saturated carbocycles. The van der Waals surface area contributed by atoms with E-state index in [2.05, 4.69) is 17.1 Å². The van der Waals surface area contributed by atoms with E-state index in [9.17, 15) is 0 Å². The average Bonchev–Trinajstić information content (AvgIpc) is 2.47. The molecular formula is C17H19NO2. The molecule has 1 fully saturated rings. The van der Waals surface area contributed by atoms with Crippen LogP contribution in [0.5, 0.6) is 5.75 Å². The van der Waals surface area contributed by atoms with Crippen LogP contribution in [0, 0.1) is 5.92 Å². The number of aromatic nitrogens is 1. The van der Waals surface area contributed by atoms with Crippen LogP contribution in [0.2, 0.25) is 0 Å². The van der Waals surface area contributed by atoms with Crippen molar-refractivity contribution in [2.45, 2.75) is 25.6 Å². The summed E-state index contributed by atoms with van der Waals surface area (Å²) in [4.78, 5) is 3.97. The van der Waals surface area contributed by atoms with Gasteiger partial charge in [0.1, 0.15) is 5.75 Å². The highest BCUT2D eigenvalue weighted by Crippen LogP contribution is 2.31. The molecule has 1 aromatic carbocycles. The summed E-state index contributed by atoms with van der Waals surface area (Å²) in [7, 11) is 0. The largest absolute Gasteiger partial charge is 0.493 e. The summed E-state index contributed by atoms with van der Waals surface area (Å²) in [5.74, 6) is 1.51. The molecule has 104 valence electrons. The van der Waals surface area contributed by atoms with Crippen LogP contribution in [0.1, 0.15) is 18.4 Å². The lowest BCUT2D eigenvalue weighted by atomic mass is 9.83. The molecule has 0 atom stereocenters. The number of nitrogens with zero attached hydrogens (tertiary/aromatic N) is 1. The molecule has 0 N–H and O–H groups in total. The number of ether oxygens (including phenoxy) is 2. The van der Waals surface area contributed by atoms with Gasteiger partial charge in [-0.2, -0.15) is 0 Å². The Kier molecular flexibility index (Phi) is 4.28. The Balaban J connectivity index is 1.33. The number of pyridine rings is 1. The van der Waals surface area contributed by atoms with Gasteiger partial charge in [0.05, 0.1) is 19.3 Å². The zero-order valence-electron chi connectivity index (χ0n) is 11.4. The SMILES string of the molecule is c1ccc(COC2CC(COc3ccncc3)C2)cc1. The van der Waals surface area contributed by atoms with Gasteiger partial charge >= 0.3 is 0 Å². The maximum atomic E-state index is 5.88. The lowest BCUT2D eigenvalue weighted by molar-refractivity contribution is -0.0505. The van der Waals surface area contributed by atoms with Crippen molar-refractivity contribution in [2.24, 2.45) is 5.92 Å². The van der Waals surface area contributed by atoms with Crippen LogP contribution < -0.4 is 4.74 Å².